The lowest BCUT2D eigenvalue weighted by atomic mass is 10.1. The van der Waals surface area contributed by atoms with Crippen molar-refractivity contribution in [1.29, 1.82) is 0 Å². The Balaban J connectivity index is 1.71. The Kier molecular flexibility index (Phi) is 6.01. The molecule has 0 bridgehead atoms. The van der Waals surface area contributed by atoms with E-state index in [2.05, 4.69) is 5.32 Å². The Morgan fingerprint density at radius 2 is 1.50 bits per heavy atom. The standard InChI is InChI=1S/C22H21NO3/c1-25-16-18-10-5-7-13-20(18)22(24)23-15-17-9-6-8-14-21(17)26-19-11-3-2-4-12-19/h2-14H,15-16H2,1H3,(H,23,24). The van der Waals surface area contributed by atoms with E-state index in [1.165, 1.54) is 0 Å². The SMILES string of the molecule is COCc1ccccc1C(=O)NCc1ccccc1Oc1ccccc1. The van der Waals surface area contributed by atoms with E-state index in [-0.39, 0.29) is 5.91 Å². The molecule has 26 heavy (non-hydrogen) atoms. The van der Waals surface area contributed by atoms with Gasteiger partial charge in [-0.1, -0.05) is 54.6 Å². The Morgan fingerprint density at radius 1 is 0.846 bits per heavy atom. The average Bonchev–Trinajstić information content (AvgIpc) is 2.68. The van der Waals surface area contributed by atoms with Crippen LogP contribution < -0.4 is 10.1 Å². The van der Waals surface area contributed by atoms with Crippen LogP contribution in [0.3, 0.4) is 0 Å². The van der Waals surface area contributed by atoms with Gasteiger partial charge in [-0.15, -0.1) is 0 Å². The predicted octanol–water partition coefficient (Wildman–Crippen LogP) is 4.56. The van der Waals surface area contributed by atoms with Crippen LogP contribution in [0.4, 0.5) is 0 Å². The number of rotatable bonds is 7. The smallest absolute Gasteiger partial charge is 0.251 e. The number of amides is 1. The zero-order chi connectivity index (χ0) is 18.2. The second kappa shape index (κ2) is 8.83. The largest absolute Gasteiger partial charge is 0.457 e. The molecule has 0 atom stereocenters. The summed E-state index contributed by atoms with van der Waals surface area (Å²) in [5.41, 5.74) is 2.39. The van der Waals surface area contributed by atoms with Crippen molar-refractivity contribution in [3.05, 3.63) is 95.6 Å². The van der Waals surface area contributed by atoms with Gasteiger partial charge in [0.25, 0.3) is 5.91 Å². The molecule has 0 fully saturated rings. The molecule has 0 spiro atoms. The third-order valence-electron chi connectivity index (χ3n) is 3.94. The van der Waals surface area contributed by atoms with Crippen LogP contribution in [0.2, 0.25) is 0 Å². The number of methoxy groups -OCH3 is 1. The average molecular weight is 347 g/mol. The Labute approximate surface area is 153 Å². The van der Waals surface area contributed by atoms with Crippen molar-refractivity contribution in [2.24, 2.45) is 0 Å². The number of hydrogen-bond donors (Lipinski definition) is 1. The third kappa shape index (κ3) is 4.49. The van der Waals surface area contributed by atoms with Crippen LogP contribution in [0.25, 0.3) is 0 Å². The fourth-order valence-corrected chi connectivity index (χ4v) is 2.66. The first-order chi connectivity index (χ1) is 12.8. The fourth-order valence-electron chi connectivity index (χ4n) is 2.66. The molecule has 3 aromatic carbocycles. The molecule has 4 heteroatoms. The molecule has 0 unspecified atom stereocenters. The molecule has 1 amide bonds. The van der Waals surface area contributed by atoms with Crippen molar-refractivity contribution in [2.45, 2.75) is 13.2 Å². The van der Waals surface area contributed by atoms with Gasteiger partial charge >= 0.3 is 0 Å². The van der Waals surface area contributed by atoms with E-state index in [4.69, 9.17) is 9.47 Å². The lowest BCUT2D eigenvalue weighted by molar-refractivity contribution is 0.0946. The molecule has 0 heterocycles. The number of para-hydroxylation sites is 2. The van der Waals surface area contributed by atoms with Crippen LogP contribution in [-0.2, 0) is 17.9 Å². The Bertz CT molecular complexity index is 862. The van der Waals surface area contributed by atoms with Crippen molar-refractivity contribution in [3.63, 3.8) is 0 Å². The maximum absolute atomic E-state index is 12.6. The first-order valence-corrected chi connectivity index (χ1v) is 8.44. The highest BCUT2D eigenvalue weighted by Crippen LogP contribution is 2.25. The second-order valence-corrected chi connectivity index (χ2v) is 5.80. The van der Waals surface area contributed by atoms with Crippen molar-refractivity contribution < 1.29 is 14.3 Å². The van der Waals surface area contributed by atoms with Gasteiger partial charge in [-0.25, -0.2) is 0 Å². The molecule has 0 radical (unpaired) electrons. The molecule has 0 aliphatic carbocycles. The first kappa shape index (κ1) is 17.7. The summed E-state index contributed by atoms with van der Waals surface area (Å²) in [7, 11) is 1.62. The van der Waals surface area contributed by atoms with Gasteiger partial charge in [0.15, 0.2) is 0 Å². The molecule has 4 nitrogen and oxygen atoms in total. The zero-order valence-electron chi connectivity index (χ0n) is 14.6. The highest BCUT2D eigenvalue weighted by atomic mass is 16.5. The summed E-state index contributed by atoms with van der Waals surface area (Å²) in [6.07, 6.45) is 0. The molecular weight excluding hydrogens is 326 g/mol. The predicted molar refractivity (Wildman–Crippen MR) is 101 cm³/mol. The number of carbonyl (C=O) groups is 1. The maximum atomic E-state index is 12.6. The van der Waals surface area contributed by atoms with Crippen molar-refractivity contribution >= 4 is 5.91 Å². The van der Waals surface area contributed by atoms with Gasteiger partial charge in [-0.3, -0.25) is 4.79 Å². The summed E-state index contributed by atoms with van der Waals surface area (Å²) < 4.78 is 11.1. The summed E-state index contributed by atoms with van der Waals surface area (Å²) >= 11 is 0. The van der Waals surface area contributed by atoms with Crippen LogP contribution in [0, 0.1) is 0 Å². The van der Waals surface area contributed by atoms with Gasteiger partial charge in [0.1, 0.15) is 11.5 Å². The summed E-state index contributed by atoms with van der Waals surface area (Å²) in [6, 6.07) is 24.7. The quantitative estimate of drug-likeness (QED) is 0.682. The third-order valence-corrected chi connectivity index (χ3v) is 3.94. The monoisotopic (exact) mass is 347 g/mol. The molecular formula is C22H21NO3. The maximum Gasteiger partial charge on any atom is 0.251 e. The minimum Gasteiger partial charge on any atom is -0.457 e. The second-order valence-electron chi connectivity index (χ2n) is 5.80. The molecule has 0 aromatic heterocycles. The van der Waals surface area contributed by atoms with E-state index in [9.17, 15) is 4.79 Å². The topological polar surface area (TPSA) is 47.6 Å². The highest BCUT2D eigenvalue weighted by molar-refractivity contribution is 5.95. The number of ether oxygens (including phenoxy) is 2. The summed E-state index contributed by atoms with van der Waals surface area (Å²) in [5.74, 6) is 1.35. The summed E-state index contributed by atoms with van der Waals surface area (Å²) in [4.78, 5) is 12.6. The normalized spacial score (nSPS) is 10.3. The van der Waals surface area contributed by atoms with Gasteiger partial charge in [0, 0.05) is 24.8 Å². The minimum absolute atomic E-state index is 0.132. The van der Waals surface area contributed by atoms with Gasteiger partial charge < -0.3 is 14.8 Å². The molecule has 0 saturated heterocycles. The van der Waals surface area contributed by atoms with Crippen LogP contribution in [0.5, 0.6) is 11.5 Å². The molecule has 3 aromatic rings. The van der Waals surface area contributed by atoms with Gasteiger partial charge in [-0.2, -0.15) is 0 Å². The number of nitrogens with one attached hydrogen (secondary N) is 1. The first-order valence-electron chi connectivity index (χ1n) is 8.44. The lowest BCUT2D eigenvalue weighted by Gasteiger charge is -2.13. The fraction of sp³-hybridized carbons (Fsp3) is 0.136. The Hall–Kier alpha value is -3.11. The molecule has 0 aliphatic rings. The van der Waals surface area contributed by atoms with Crippen LogP contribution >= 0.6 is 0 Å². The number of hydrogen-bond acceptors (Lipinski definition) is 3. The van der Waals surface area contributed by atoms with Gasteiger partial charge in [0.2, 0.25) is 0 Å². The highest BCUT2D eigenvalue weighted by Gasteiger charge is 2.12. The molecule has 0 aliphatic heterocycles. The Morgan fingerprint density at radius 3 is 2.27 bits per heavy atom. The van der Waals surface area contributed by atoms with Crippen molar-refractivity contribution in [1.82, 2.24) is 5.32 Å². The molecule has 0 saturated carbocycles. The lowest BCUT2D eigenvalue weighted by Crippen LogP contribution is -2.24. The summed E-state index contributed by atoms with van der Waals surface area (Å²) in [6.45, 7) is 0.778. The molecule has 3 rings (SSSR count). The van der Waals surface area contributed by atoms with Crippen LogP contribution in [0.1, 0.15) is 21.5 Å². The van der Waals surface area contributed by atoms with E-state index in [1.807, 2.05) is 72.8 Å². The van der Waals surface area contributed by atoms with Gasteiger partial charge in [0.05, 0.1) is 6.61 Å². The van der Waals surface area contributed by atoms with Crippen molar-refractivity contribution in [3.8, 4) is 11.5 Å². The number of benzene rings is 3. The number of carbonyl (C=O) groups excluding carboxylic acids is 1. The van der Waals surface area contributed by atoms with Gasteiger partial charge in [-0.05, 0) is 29.8 Å². The van der Waals surface area contributed by atoms with Crippen molar-refractivity contribution in [2.75, 3.05) is 7.11 Å². The minimum atomic E-state index is -0.132. The molecule has 132 valence electrons. The van der Waals surface area contributed by atoms with E-state index in [1.54, 1.807) is 13.2 Å². The van der Waals surface area contributed by atoms with E-state index in [0.717, 1.165) is 22.6 Å². The zero-order valence-corrected chi connectivity index (χ0v) is 14.6. The van der Waals surface area contributed by atoms with E-state index >= 15 is 0 Å². The van der Waals surface area contributed by atoms with E-state index < -0.39 is 0 Å². The van der Waals surface area contributed by atoms with Crippen LogP contribution in [0.15, 0.2) is 78.9 Å². The van der Waals surface area contributed by atoms with E-state index in [0.29, 0.717) is 18.7 Å². The molecule has 1 N–H and O–H groups in total. The van der Waals surface area contributed by atoms with Crippen LogP contribution in [-0.4, -0.2) is 13.0 Å². The summed E-state index contributed by atoms with van der Waals surface area (Å²) in [5, 5.41) is 2.97.